The minimum atomic E-state index is -0.0834. The van der Waals surface area contributed by atoms with Crippen molar-refractivity contribution in [1.29, 1.82) is 0 Å². The van der Waals surface area contributed by atoms with Gasteiger partial charge in [0.1, 0.15) is 4.32 Å². The number of aromatic amines is 1. The molecule has 1 aromatic carbocycles. The van der Waals surface area contributed by atoms with E-state index in [1.54, 1.807) is 23.1 Å². The van der Waals surface area contributed by atoms with E-state index in [0.29, 0.717) is 37.3 Å². The Morgan fingerprint density at radius 2 is 2.00 bits per heavy atom. The highest BCUT2D eigenvalue weighted by Crippen LogP contribution is 2.33. The number of thiocarbonyl (C=S) groups is 1. The van der Waals surface area contributed by atoms with Crippen molar-refractivity contribution >= 4 is 63.5 Å². The molecule has 2 aromatic heterocycles. The lowest BCUT2D eigenvalue weighted by molar-refractivity contribution is -0.122. The lowest BCUT2D eigenvalue weighted by Crippen LogP contribution is -2.29. The number of aryl methyl sites for hydroxylation is 1. The van der Waals surface area contributed by atoms with Crippen LogP contribution >= 0.6 is 47.2 Å². The Kier molecular flexibility index (Phi) is 7.51. The number of carbonyl (C=O) groups excluding carboxylic acids is 1. The van der Waals surface area contributed by atoms with Gasteiger partial charge in [0.15, 0.2) is 5.82 Å². The van der Waals surface area contributed by atoms with Crippen molar-refractivity contribution in [2.24, 2.45) is 0 Å². The van der Waals surface area contributed by atoms with Crippen LogP contribution in [-0.4, -0.2) is 47.3 Å². The van der Waals surface area contributed by atoms with Gasteiger partial charge in [-0.2, -0.15) is 5.21 Å². The van der Waals surface area contributed by atoms with Crippen LogP contribution in [0.4, 0.5) is 0 Å². The topological polar surface area (TPSA) is 87.7 Å². The van der Waals surface area contributed by atoms with E-state index in [0.717, 1.165) is 36.9 Å². The van der Waals surface area contributed by atoms with Crippen molar-refractivity contribution in [2.45, 2.75) is 25.7 Å². The van der Waals surface area contributed by atoms with E-state index in [1.807, 2.05) is 24.3 Å². The van der Waals surface area contributed by atoms with E-state index in [9.17, 15) is 4.79 Å². The van der Waals surface area contributed by atoms with E-state index in [1.165, 1.54) is 11.8 Å². The zero-order valence-corrected chi connectivity index (χ0v) is 19.9. The predicted molar refractivity (Wildman–Crippen MR) is 131 cm³/mol. The minimum Gasteiger partial charge on any atom is -0.293 e. The van der Waals surface area contributed by atoms with Crippen LogP contribution in [0.3, 0.4) is 0 Å². The second kappa shape index (κ2) is 10.5. The SMILES string of the molecule is O=C1/C(=C/c2cccc(-c3ccc(Cl)c(Cl)c3)n2)SC(=S)N1CCCCCc1nn[nH]n1. The first-order chi connectivity index (χ1) is 15.5. The van der Waals surface area contributed by atoms with Crippen molar-refractivity contribution in [2.75, 3.05) is 6.54 Å². The second-order valence-electron chi connectivity index (χ2n) is 7.05. The summed E-state index contributed by atoms with van der Waals surface area (Å²) in [5.41, 5.74) is 2.27. The van der Waals surface area contributed by atoms with Gasteiger partial charge in [-0.1, -0.05) is 70.9 Å². The number of nitrogens with zero attached hydrogens (tertiary/aromatic N) is 5. The Bertz CT molecular complexity index is 1170. The van der Waals surface area contributed by atoms with Crippen molar-refractivity contribution in [3.05, 3.63) is 62.9 Å². The number of unbranched alkanes of at least 4 members (excludes halogenated alkanes) is 2. The molecule has 11 heteroatoms. The van der Waals surface area contributed by atoms with Crippen LogP contribution < -0.4 is 0 Å². The fraction of sp³-hybridized carbons (Fsp3) is 0.238. The molecule has 1 fully saturated rings. The van der Waals surface area contributed by atoms with Crippen molar-refractivity contribution in [3.63, 3.8) is 0 Å². The Labute approximate surface area is 204 Å². The van der Waals surface area contributed by atoms with Gasteiger partial charge < -0.3 is 0 Å². The van der Waals surface area contributed by atoms with E-state index >= 15 is 0 Å². The van der Waals surface area contributed by atoms with E-state index in [2.05, 4.69) is 25.6 Å². The molecular formula is C21H18Cl2N6OS2. The molecule has 1 aliphatic rings. The molecule has 164 valence electrons. The third kappa shape index (κ3) is 5.53. The summed E-state index contributed by atoms with van der Waals surface area (Å²) in [6.45, 7) is 0.588. The number of hydrogen-bond donors (Lipinski definition) is 1. The van der Waals surface area contributed by atoms with E-state index in [-0.39, 0.29) is 5.91 Å². The maximum atomic E-state index is 12.9. The Hall–Kier alpha value is -2.33. The first kappa shape index (κ1) is 22.8. The van der Waals surface area contributed by atoms with Gasteiger partial charge >= 0.3 is 0 Å². The fourth-order valence-electron chi connectivity index (χ4n) is 3.19. The largest absolute Gasteiger partial charge is 0.293 e. The smallest absolute Gasteiger partial charge is 0.266 e. The number of halogens is 2. The molecule has 1 N–H and O–H groups in total. The average Bonchev–Trinajstić information content (AvgIpc) is 3.39. The molecule has 0 radical (unpaired) electrons. The lowest BCUT2D eigenvalue weighted by atomic mass is 10.1. The molecule has 4 rings (SSSR count). The normalized spacial score (nSPS) is 15.2. The van der Waals surface area contributed by atoms with Gasteiger partial charge in [-0.3, -0.25) is 9.69 Å². The molecule has 7 nitrogen and oxygen atoms in total. The quantitative estimate of drug-likeness (QED) is 0.256. The summed E-state index contributed by atoms with van der Waals surface area (Å²) in [7, 11) is 0. The van der Waals surface area contributed by atoms with Crippen molar-refractivity contribution in [3.8, 4) is 11.3 Å². The first-order valence-corrected chi connectivity index (χ1v) is 11.9. The lowest BCUT2D eigenvalue weighted by Gasteiger charge is -2.13. The Balaban J connectivity index is 1.38. The number of nitrogens with one attached hydrogen (secondary N) is 1. The van der Waals surface area contributed by atoms with E-state index < -0.39 is 0 Å². The summed E-state index contributed by atoms with van der Waals surface area (Å²) >= 11 is 18.9. The highest BCUT2D eigenvalue weighted by molar-refractivity contribution is 8.26. The van der Waals surface area contributed by atoms with Gasteiger partial charge in [-0.25, -0.2) is 4.98 Å². The van der Waals surface area contributed by atoms with Crippen LogP contribution in [0, 0.1) is 0 Å². The number of amides is 1. The number of hydrogen-bond acceptors (Lipinski definition) is 7. The molecule has 1 amide bonds. The molecule has 0 bridgehead atoms. The summed E-state index contributed by atoms with van der Waals surface area (Å²) in [5.74, 6) is 0.619. The average molecular weight is 505 g/mol. The van der Waals surface area contributed by atoms with Gasteiger partial charge in [0.2, 0.25) is 0 Å². The summed E-state index contributed by atoms with van der Waals surface area (Å²) in [6, 6.07) is 11.0. The third-order valence-corrected chi connectivity index (χ3v) is 6.93. The number of H-pyrrole nitrogens is 1. The summed E-state index contributed by atoms with van der Waals surface area (Å²) in [4.78, 5) is 19.7. The summed E-state index contributed by atoms with van der Waals surface area (Å²) < 4.78 is 0.569. The van der Waals surface area contributed by atoms with Crippen LogP contribution in [0.1, 0.15) is 30.8 Å². The second-order valence-corrected chi connectivity index (χ2v) is 9.54. The standard InChI is InChI=1S/C21H18Cl2N6OS2/c22-15-9-8-13(11-16(15)23)17-6-4-5-14(24-17)12-18-20(30)29(21(31)32-18)10-3-1-2-7-19-25-27-28-26-19/h4-6,8-9,11-12H,1-3,7,10H2,(H,25,26,27,28)/b18-12-. The van der Waals surface area contributed by atoms with Crippen LogP contribution in [0.15, 0.2) is 41.3 Å². The molecule has 3 aromatic rings. The highest BCUT2D eigenvalue weighted by Gasteiger charge is 2.31. The molecule has 3 heterocycles. The first-order valence-electron chi connectivity index (χ1n) is 9.91. The zero-order valence-electron chi connectivity index (χ0n) is 16.8. The Morgan fingerprint density at radius 1 is 1.12 bits per heavy atom. The molecule has 0 spiro atoms. The molecule has 32 heavy (non-hydrogen) atoms. The molecule has 0 saturated carbocycles. The molecular weight excluding hydrogens is 487 g/mol. The number of aromatic nitrogens is 5. The fourth-order valence-corrected chi connectivity index (χ4v) is 4.78. The van der Waals surface area contributed by atoms with Gasteiger partial charge in [-0.15, -0.1) is 10.2 Å². The van der Waals surface area contributed by atoms with Crippen molar-refractivity contribution in [1.82, 2.24) is 30.5 Å². The molecule has 1 saturated heterocycles. The zero-order chi connectivity index (χ0) is 22.5. The Morgan fingerprint density at radius 3 is 2.78 bits per heavy atom. The van der Waals surface area contributed by atoms with Crippen LogP contribution in [-0.2, 0) is 11.2 Å². The monoisotopic (exact) mass is 504 g/mol. The minimum absolute atomic E-state index is 0.0834. The number of carbonyl (C=O) groups is 1. The predicted octanol–water partition coefficient (Wildman–Crippen LogP) is 5.18. The molecule has 0 unspecified atom stereocenters. The van der Waals surface area contributed by atoms with Crippen LogP contribution in [0.5, 0.6) is 0 Å². The van der Waals surface area contributed by atoms with Gasteiger partial charge in [-0.05, 0) is 43.2 Å². The number of benzene rings is 1. The molecule has 0 aliphatic carbocycles. The van der Waals surface area contributed by atoms with E-state index in [4.69, 9.17) is 35.4 Å². The van der Waals surface area contributed by atoms with Gasteiger partial charge in [0.25, 0.3) is 5.91 Å². The number of rotatable bonds is 8. The van der Waals surface area contributed by atoms with Crippen molar-refractivity contribution < 1.29 is 4.79 Å². The van der Waals surface area contributed by atoms with Crippen LogP contribution in [0.2, 0.25) is 10.0 Å². The van der Waals surface area contributed by atoms with Crippen LogP contribution in [0.25, 0.3) is 17.3 Å². The number of thioether (sulfide) groups is 1. The molecule has 0 atom stereocenters. The van der Waals surface area contributed by atoms with Gasteiger partial charge in [0.05, 0.1) is 26.3 Å². The number of pyridine rings is 1. The highest BCUT2D eigenvalue weighted by atomic mass is 35.5. The summed E-state index contributed by atoms with van der Waals surface area (Å²) in [6.07, 6.45) is 5.25. The molecule has 1 aliphatic heterocycles. The number of tetrazole rings is 1. The maximum absolute atomic E-state index is 12.9. The summed E-state index contributed by atoms with van der Waals surface area (Å²) in [5, 5.41) is 14.8. The maximum Gasteiger partial charge on any atom is 0.266 e. The third-order valence-electron chi connectivity index (χ3n) is 4.81. The van der Waals surface area contributed by atoms with Gasteiger partial charge in [0, 0.05) is 18.5 Å².